The molecule has 2 N–H and O–H groups in total. The van der Waals surface area contributed by atoms with Crippen LogP contribution in [0.2, 0.25) is 0 Å². The molecule has 3 heterocycles. The first-order valence-corrected chi connectivity index (χ1v) is 9.64. The molecular formula is C20H23N5O2. The lowest BCUT2D eigenvalue weighted by Gasteiger charge is -2.33. The van der Waals surface area contributed by atoms with Crippen molar-refractivity contribution in [2.45, 2.75) is 43.9 Å². The fraction of sp³-hybridized carbons (Fsp3) is 0.450. The van der Waals surface area contributed by atoms with Gasteiger partial charge in [-0.1, -0.05) is 0 Å². The van der Waals surface area contributed by atoms with Gasteiger partial charge in [0.1, 0.15) is 5.82 Å². The highest BCUT2D eigenvalue weighted by Gasteiger charge is 2.34. The summed E-state index contributed by atoms with van der Waals surface area (Å²) in [6.07, 6.45) is 6.90. The van der Waals surface area contributed by atoms with Crippen molar-refractivity contribution in [3.63, 3.8) is 0 Å². The predicted octanol–water partition coefficient (Wildman–Crippen LogP) is 2.80. The van der Waals surface area contributed by atoms with Gasteiger partial charge in [0, 0.05) is 36.6 Å². The number of ether oxygens (including phenoxy) is 1. The number of urea groups is 1. The topological polar surface area (TPSA) is 79.4 Å². The van der Waals surface area contributed by atoms with Crippen LogP contribution in [-0.4, -0.2) is 47.3 Å². The van der Waals surface area contributed by atoms with Gasteiger partial charge in [0.05, 0.1) is 12.2 Å². The maximum Gasteiger partial charge on any atom is 0.319 e. The lowest BCUT2D eigenvalue weighted by molar-refractivity contribution is 0.0302. The van der Waals surface area contributed by atoms with Crippen LogP contribution >= 0.6 is 0 Å². The minimum absolute atomic E-state index is 0.148. The van der Waals surface area contributed by atoms with Crippen LogP contribution in [-0.2, 0) is 4.74 Å². The van der Waals surface area contributed by atoms with Crippen molar-refractivity contribution in [2.75, 3.05) is 23.3 Å². The van der Waals surface area contributed by atoms with Crippen LogP contribution in [0, 0.1) is 0 Å². The van der Waals surface area contributed by atoms with Gasteiger partial charge < -0.3 is 20.3 Å². The van der Waals surface area contributed by atoms with Gasteiger partial charge in [-0.2, -0.15) is 0 Å². The minimum Gasteiger partial charge on any atom is -0.371 e. The number of hydrogen-bond acceptors (Lipinski definition) is 5. The third kappa shape index (κ3) is 3.73. The number of amides is 2. The number of carbonyl (C=O) groups is 1. The first-order valence-electron chi connectivity index (χ1n) is 9.64. The van der Waals surface area contributed by atoms with E-state index in [0.717, 1.165) is 55.8 Å². The van der Waals surface area contributed by atoms with E-state index in [1.165, 1.54) is 0 Å². The van der Waals surface area contributed by atoms with Crippen molar-refractivity contribution in [1.29, 1.82) is 0 Å². The third-order valence-corrected chi connectivity index (χ3v) is 5.32. The molecule has 1 aromatic heterocycles. The van der Waals surface area contributed by atoms with E-state index in [-0.39, 0.29) is 6.03 Å². The Morgan fingerprint density at radius 1 is 1.04 bits per heavy atom. The number of benzene rings is 1. The summed E-state index contributed by atoms with van der Waals surface area (Å²) < 4.78 is 5.91. The Hall–Kier alpha value is -2.67. The number of fused-ring (bicyclic) bond motifs is 2. The number of nitrogens with zero attached hydrogens (tertiary/aromatic N) is 3. The Balaban J connectivity index is 1.28. The molecule has 2 bridgehead atoms. The minimum atomic E-state index is -0.148. The number of carbonyl (C=O) groups excluding carboxylic acids is 1. The highest BCUT2D eigenvalue weighted by molar-refractivity contribution is 5.89. The molecule has 3 aliphatic rings. The van der Waals surface area contributed by atoms with Crippen molar-refractivity contribution < 1.29 is 9.53 Å². The number of rotatable bonds is 4. The molecule has 27 heavy (non-hydrogen) atoms. The number of hydrogen-bond donors (Lipinski definition) is 2. The molecule has 0 radical (unpaired) electrons. The molecule has 7 heteroatoms. The van der Waals surface area contributed by atoms with Crippen molar-refractivity contribution in [2.24, 2.45) is 0 Å². The summed E-state index contributed by atoms with van der Waals surface area (Å²) in [5.74, 6) is 1.64. The Morgan fingerprint density at radius 3 is 2.48 bits per heavy atom. The van der Waals surface area contributed by atoms with Crippen LogP contribution in [0.4, 0.5) is 16.3 Å². The highest BCUT2D eigenvalue weighted by atomic mass is 16.5. The molecule has 2 amide bonds. The van der Waals surface area contributed by atoms with Crippen LogP contribution in [0.1, 0.15) is 25.7 Å². The van der Waals surface area contributed by atoms with Gasteiger partial charge in [0.25, 0.3) is 0 Å². The fourth-order valence-electron chi connectivity index (χ4n) is 3.75. The number of anilines is 2. The van der Waals surface area contributed by atoms with E-state index in [1.807, 2.05) is 36.5 Å². The second kappa shape index (κ2) is 6.81. The molecular weight excluding hydrogens is 342 g/mol. The SMILES string of the molecule is O=C(Nc1ccc(-c2nccc(N3CC4CC[C@H](C3)O4)n2)cc1)NC1CC1. The van der Waals surface area contributed by atoms with E-state index >= 15 is 0 Å². The first-order chi connectivity index (χ1) is 13.2. The molecule has 7 nitrogen and oxygen atoms in total. The van der Waals surface area contributed by atoms with Crippen molar-refractivity contribution in [3.05, 3.63) is 36.5 Å². The number of nitrogens with one attached hydrogen (secondary N) is 2. The lowest BCUT2D eigenvalue weighted by Crippen LogP contribution is -2.43. The highest BCUT2D eigenvalue weighted by Crippen LogP contribution is 2.29. The summed E-state index contributed by atoms with van der Waals surface area (Å²) in [5, 5.41) is 5.77. The molecule has 1 aromatic carbocycles. The summed E-state index contributed by atoms with van der Waals surface area (Å²) in [6, 6.07) is 9.80. The van der Waals surface area contributed by atoms with Crippen LogP contribution in [0.5, 0.6) is 0 Å². The summed E-state index contributed by atoms with van der Waals surface area (Å²) >= 11 is 0. The second-order valence-corrected chi connectivity index (χ2v) is 7.55. The molecule has 2 aromatic rings. The quantitative estimate of drug-likeness (QED) is 0.871. The molecule has 3 fully saturated rings. The lowest BCUT2D eigenvalue weighted by atomic mass is 10.2. The maximum atomic E-state index is 11.8. The molecule has 0 spiro atoms. The number of aromatic nitrogens is 2. The fourth-order valence-corrected chi connectivity index (χ4v) is 3.75. The summed E-state index contributed by atoms with van der Waals surface area (Å²) in [6.45, 7) is 1.79. The average Bonchev–Trinajstić information content (AvgIpc) is 3.44. The van der Waals surface area contributed by atoms with Gasteiger partial charge in [-0.15, -0.1) is 0 Å². The summed E-state index contributed by atoms with van der Waals surface area (Å²) in [5.41, 5.74) is 1.69. The van der Waals surface area contributed by atoms with E-state index in [1.54, 1.807) is 0 Å². The normalized spacial score (nSPS) is 23.9. The maximum absolute atomic E-state index is 11.8. The molecule has 1 aliphatic carbocycles. The zero-order valence-electron chi connectivity index (χ0n) is 15.1. The van der Waals surface area contributed by atoms with E-state index in [9.17, 15) is 4.79 Å². The second-order valence-electron chi connectivity index (χ2n) is 7.55. The van der Waals surface area contributed by atoms with Crippen LogP contribution in [0.3, 0.4) is 0 Å². The molecule has 2 saturated heterocycles. The van der Waals surface area contributed by atoms with Crippen LogP contribution in [0.15, 0.2) is 36.5 Å². The molecule has 140 valence electrons. The average molecular weight is 365 g/mol. The van der Waals surface area contributed by atoms with Crippen molar-refractivity contribution >= 4 is 17.5 Å². The van der Waals surface area contributed by atoms with Gasteiger partial charge in [0.15, 0.2) is 5.82 Å². The van der Waals surface area contributed by atoms with E-state index in [4.69, 9.17) is 9.72 Å². The Kier molecular flexibility index (Phi) is 4.16. The number of morpholine rings is 1. The Labute approximate surface area is 158 Å². The summed E-state index contributed by atoms with van der Waals surface area (Å²) in [4.78, 5) is 23.3. The van der Waals surface area contributed by atoms with Crippen LogP contribution < -0.4 is 15.5 Å². The molecule has 2 aliphatic heterocycles. The molecule has 2 atom stereocenters. The third-order valence-electron chi connectivity index (χ3n) is 5.32. The van der Waals surface area contributed by atoms with Crippen molar-refractivity contribution in [1.82, 2.24) is 15.3 Å². The summed E-state index contributed by atoms with van der Waals surface area (Å²) in [7, 11) is 0. The predicted molar refractivity (Wildman–Crippen MR) is 103 cm³/mol. The van der Waals surface area contributed by atoms with Crippen molar-refractivity contribution in [3.8, 4) is 11.4 Å². The van der Waals surface area contributed by atoms with E-state index < -0.39 is 0 Å². The van der Waals surface area contributed by atoms with Gasteiger partial charge >= 0.3 is 6.03 Å². The van der Waals surface area contributed by atoms with Crippen LogP contribution in [0.25, 0.3) is 11.4 Å². The standard InChI is InChI=1S/C20H23N5O2/c26-20(23-15-5-6-15)22-14-3-1-13(2-4-14)19-21-10-9-18(24-19)25-11-16-7-8-17(12-25)27-16/h1-4,9-10,15-17H,5-8,11-12H2,(H2,22,23,26)/t16-,17?/m1/s1. The van der Waals surface area contributed by atoms with E-state index in [2.05, 4.69) is 20.5 Å². The van der Waals surface area contributed by atoms with Gasteiger partial charge in [0.2, 0.25) is 0 Å². The zero-order valence-corrected chi connectivity index (χ0v) is 15.1. The largest absolute Gasteiger partial charge is 0.371 e. The Bertz CT molecular complexity index is 825. The smallest absolute Gasteiger partial charge is 0.319 e. The zero-order chi connectivity index (χ0) is 18.2. The first kappa shape index (κ1) is 16.5. The molecule has 1 saturated carbocycles. The van der Waals surface area contributed by atoms with Gasteiger partial charge in [-0.3, -0.25) is 0 Å². The molecule has 1 unspecified atom stereocenters. The molecule has 5 rings (SSSR count). The monoisotopic (exact) mass is 365 g/mol. The van der Waals surface area contributed by atoms with Gasteiger partial charge in [-0.05, 0) is 56.0 Å². The van der Waals surface area contributed by atoms with Gasteiger partial charge in [-0.25, -0.2) is 14.8 Å². The van der Waals surface area contributed by atoms with E-state index in [0.29, 0.717) is 24.1 Å². The Morgan fingerprint density at radius 2 is 1.78 bits per heavy atom.